The second kappa shape index (κ2) is 6.04. The van der Waals surface area contributed by atoms with Gasteiger partial charge in [0.1, 0.15) is 11.6 Å². The maximum Gasteiger partial charge on any atom is 0.198 e. The van der Waals surface area contributed by atoms with Crippen molar-refractivity contribution in [3.63, 3.8) is 0 Å². The molecule has 0 bridgehead atoms. The summed E-state index contributed by atoms with van der Waals surface area (Å²) in [7, 11) is 1.65. The number of furan rings is 1. The van der Waals surface area contributed by atoms with Crippen LogP contribution in [0.15, 0.2) is 71.3 Å². The summed E-state index contributed by atoms with van der Waals surface area (Å²) in [6.45, 7) is 0. The monoisotopic (exact) mass is 317 g/mol. The van der Waals surface area contributed by atoms with E-state index in [2.05, 4.69) is 15.3 Å². The first-order chi connectivity index (χ1) is 11.8. The van der Waals surface area contributed by atoms with Gasteiger partial charge in [-0.25, -0.2) is 9.97 Å². The molecule has 0 amide bonds. The van der Waals surface area contributed by atoms with E-state index in [9.17, 15) is 0 Å². The third-order valence-corrected chi connectivity index (χ3v) is 3.70. The predicted molar refractivity (Wildman–Crippen MR) is 93.5 cm³/mol. The molecule has 2 heterocycles. The molecule has 0 aliphatic rings. The van der Waals surface area contributed by atoms with Gasteiger partial charge in [-0.3, -0.25) is 0 Å². The first-order valence-electron chi connectivity index (χ1n) is 7.56. The van der Waals surface area contributed by atoms with Crippen molar-refractivity contribution in [1.29, 1.82) is 0 Å². The average Bonchev–Trinajstić information content (AvgIpc) is 3.17. The number of anilines is 2. The SMILES string of the molecule is COc1ccccc1Nc1nc(-c2ccco2)nc2ccccc12. The van der Waals surface area contributed by atoms with E-state index < -0.39 is 0 Å². The molecule has 4 rings (SSSR count). The summed E-state index contributed by atoms with van der Waals surface area (Å²) < 4.78 is 10.8. The molecule has 5 nitrogen and oxygen atoms in total. The average molecular weight is 317 g/mol. The summed E-state index contributed by atoms with van der Waals surface area (Å²) in [5, 5.41) is 4.28. The Labute approximate surface area is 138 Å². The first-order valence-corrected chi connectivity index (χ1v) is 7.56. The van der Waals surface area contributed by atoms with E-state index in [1.807, 2.05) is 60.7 Å². The van der Waals surface area contributed by atoms with Gasteiger partial charge >= 0.3 is 0 Å². The molecular weight excluding hydrogens is 302 g/mol. The normalized spacial score (nSPS) is 10.7. The molecule has 0 fully saturated rings. The number of fused-ring (bicyclic) bond motifs is 1. The number of methoxy groups -OCH3 is 1. The molecule has 118 valence electrons. The standard InChI is InChI=1S/C19H15N3O2/c1-23-16-10-5-4-9-15(16)21-18-13-7-2-3-8-14(13)20-19(22-18)17-11-6-12-24-17/h2-12H,1H3,(H,20,21,22). The number of ether oxygens (including phenoxy) is 1. The van der Waals surface area contributed by atoms with Crippen molar-refractivity contribution in [2.75, 3.05) is 12.4 Å². The fourth-order valence-corrected chi connectivity index (χ4v) is 2.56. The van der Waals surface area contributed by atoms with Gasteiger partial charge in [0.15, 0.2) is 11.6 Å². The zero-order chi connectivity index (χ0) is 16.4. The van der Waals surface area contributed by atoms with Crippen molar-refractivity contribution in [2.24, 2.45) is 0 Å². The molecule has 0 aliphatic carbocycles. The zero-order valence-corrected chi connectivity index (χ0v) is 13.1. The van der Waals surface area contributed by atoms with Gasteiger partial charge in [-0.1, -0.05) is 24.3 Å². The van der Waals surface area contributed by atoms with Crippen LogP contribution in [-0.4, -0.2) is 17.1 Å². The molecule has 4 aromatic rings. The number of para-hydroxylation sites is 3. The molecule has 0 saturated heterocycles. The zero-order valence-electron chi connectivity index (χ0n) is 13.1. The van der Waals surface area contributed by atoms with E-state index in [1.54, 1.807) is 13.4 Å². The van der Waals surface area contributed by atoms with E-state index in [4.69, 9.17) is 9.15 Å². The van der Waals surface area contributed by atoms with Crippen LogP contribution < -0.4 is 10.1 Å². The molecule has 0 aliphatic heterocycles. The highest BCUT2D eigenvalue weighted by Gasteiger charge is 2.12. The van der Waals surface area contributed by atoms with Gasteiger partial charge in [-0.15, -0.1) is 0 Å². The van der Waals surface area contributed by atoms with Gasteiger partial charge in [-0.05, 0) is 36.4 Å². The Bertz CT molecular complexity index is 981. The highest BCUT2D eigenvalue weighted by atomic mass is 16.5. The minimum absolute atomic E-state index is 0.538. The minimum atomic E-state index is 0.538. The number of aromatic nitrogens is 2. The number of benzene rings is 2. The largest absolute Gasteiger partial charge is 0.495 e. The summed E-state index contributed by atoms with van der Waals surface area (Å²) in [4.78, 5) is 9.23. The van der Waals surface area contributed by atoms with Crippen molar-refractivity contribution >= 4 is 22.4 Å². The van der Waals surface area contributed by atoms with Crippen LogP contribution in [0.2, 0.25) is 0 Å². The molecule has 24 heavy (non-hydrogen) atoms. The fourth-order valence-electron chi connectivity index (χ4n) is 2.56. The molecule has 5 heteroatoms. The van der Waals surface area contributed by atoms with Crippen molar-refractivity contribution in [3.05, 3.63) is 66.9 Å². The van der Waals surface area contributed by atoms with Crippen molar-refractivity contribution in [2.45, 2.75) is 0 Å². The lowest BCUT2D eigenvalue weighted by Crippen LogP contribution is -2.00. The molecule has 0 atom stereocenters. The maximum atomic E-state index is 5.44. The Morgan fingerprint density at radius 2 is 1.75 bits per heavy atom. The van der Waals surface area contributed by atoms with E-state index in [1.165, 1.54) is 0 Å². The molecule has 0 unspecified atom stereocenters. The Kier molecular flexibility index (Phi) is 3.59. The van der Waals surface area contributed by atoms with E-state index >= 15 is 0 Å². The van der Waals surface area contributed by atoms with Gasteiger partial charge in [0.25, 0.3) is 0 Å². The van der Waals surface area contributed by atoms with Crippen LogP contribution in [0.5, 0.6) is 5.75 Å². The molecule has 0 radical (unpaired) electrons. The van der Waals surface area contributed by atoms with Gasteiger partial charge in [0, 0.05) is 5.39 Å². The van der Waals surface area contributed by atoms with Crippen LogP contribution in [0, 0.1) is 0 Å². The third kappa shape index (κ3) is 2.56. The molecule has 2 aromatic heterocycles. The Morgan fingerprint density at radius 3 is 2.58 bits per heavy atom. The third-order valence-electron chi connectivity index (χ3n) is 3.70. The molecule has 1 N–H and O–H groups in total. The first kappa shape index (κ1) is 14.3. The van der Waals surface area contributed by atoms with Crippen LogP contribution >= 0.6 is 0 Å². The van der Waals surface area contributed by atoms with Gasteiger partial charge in [-0.2, -0.15) is 0 Å². The van der Waals surface area contributed by atoms with E-state index in [0.717, 1.165) is 22.3 Å². The van der Waals surface area contributed by atoms with Crippen LogP contribution in [0.3, 0.4) is 0 Å². The quantitative estimate of drug-likeness (QED) is 0.594. The summed E-state index contributed by atoms with van der Waals surface area (Å²) in [6, 6.07) is 19.2. The summed E-state index contributed by atoms with van der Waals surface area (Å²) in [5.41, 5.74) is 1.69. The smallest absolute Gasteiger partial charge is 0.198 e. The van der Waals surface area contributed by atoms with Crippen LogP contribution in [0.4, 0.5) is 11.5 Å². The lowest BCUT2D eigenvalue weighted by Gasteiger charge is -2.12. The fraction of sp³-hybridized carbons (Fsp3) is 0.0526. The number of nitrogens with zero attached hydrogens (tertiary/aromatic N) is 2. The number of hydrogen-bond acceptors (Lipinski definition) is 5. The lowest BCUT2D eigenvalue weighted by atomic mass is 10.2. The lowest BCUT2D eigenvalue weighted by molar-refractivity contribution is 0.417. The van der Waals surface area contributed by atoms with Crippen LogP contribution in [0.1, 0.15) is 0 Å². The number of hydrogen-bond donors (Lipinski definition) is 1. The van der Waals surface area contributed by atoms with E-state index in [-0.39, 0.29) is 0 Å². The van der Waals surface area contributed by atoms with Gasteiger partial charge < -0.3 is 14.5 Å². The predicted octanol–water partition coefficient (Wildman–Crippen LogP) is 4.64. The van der Waals surface area contributed by atoms with E-state index in [0.29, 0.717) is 17.4 Å². The van der Waals surface area contributed by atoms with Crippen molar-refractivity contribution in [3.8, 4) is 17.3 Å². The number of nitrogens with one attached hydrogen (secondary N) is 1. The summed E-state index contributed by atoms with van der Waals surface area (Å²) in [5.74, 6) is 2.62. The molecular formula is C19H15N3O2. The Hall–Kier alpha value is -3.34. The molecule has 0 saturated carbocycles. The molecule has 0 spiro atoms. The number of rotatable bonds is 4. The van der Waals surface area contributed by atoms with Gasteiger partial charge in [0.05, 0.1) is 24.6 Å². The van der Waals surface area contributed by atoms with Crippen molar-refractivity contribution in [1.82, 2.24) is 9.97 Å². The highest BCUT2D eigenvalue weighted by Crippen LogP contribution is 2.31. The summed E-state index contributed by atoms with van der Waals surface area (Å²) >= 11 is 0. The van der Waals surface area contributed by atoms with Crippen LogP contribution in [-0.2, 0) is 0 Å². The molecule has 2 aromatic carbocycles. The summed E-state index contributed by atoms with van der Waals surface area (Å²) in [6.07, 6.45) is 1.61. The minimum Gasteiger partial charge on any atom is -0.495 e. The van der Waals surface area contributed by atoms with Gasteiger partial charge in [0.2, 0.25) is 0 Å². The topological polar surface area (TPSA) is 60.2 Å². The highest BCUT2D eigenvalue weighted by molar-refractivity contribution is 5.92. The Balaban J connectivity index is 1.87. The maximum absolute atomic E-state index is 5.44. The van der Waals surface area contributed by atoms with Crippen LogP contribution in [0.25, 0.3) is 22.5 Å². The second-order valence-corrected chi connectivity index (χ2v) is 5.22. The Morgan fingerprint density at radius 1 is 0.917 bits per heavy atom. The van der Waals surface area contributed by atoms with Crippen molar-refractivity contribution < 1.29 is 9.15 Å². The second-order valence-electron chi connectivity index (χ2n) is 5.22.